The summed E-state index contributed by atoms with van der Waals surface area (Å²) in [4.78, 5) is 6.72. The van der Waals surface area contributed by atoms with Crippen LogP contribution in [0.5, 0.6) is 0 Å². The zero-order chi connectivity index (χ0) is 12.8. The van der Waals surface area contributed by atoms with E-state index >= 15 is 0 Å². The molecule has 0 aliphatic carbocycles. The summed E-state index contributed by atoms with van der Waals surface area (Å²) in [7, 11) is 4.09. The number of imidazole rings is 1. The summed E-state index contributed by atoms with van der Waals surface area (Å²) in [6, 6.07) is 4.20. The lowest BCUT2D eigenvalue weighted by Crippen LogP contribution is -2.16. The summed E-state index contributed by atoms with van der Waals surface area (Å²) in [6.45, 7) is 6.53. The summed E-state index contributed by atoms with van der Waals surface area (Å²) >= 11 is 3.53. The lowest BCUT2D eigenvalue weighted by molar-refractivity contribution is 0.542. The van der Waals surface area contributed by atoms with Crippen molar-refractivity contribution in [2.45, 2.75) is 26.2 Å². The van der Waals surface area contributed by atoms with Gasteiger partial charge in [0.15, 0.2) is 0 Å². The number of nitrogens with zero attached hydrogens (tertiary/aromatic N) is 3. The molecule has 17 heavy (non-hydrogen) atoms. The summed E-state index contributed by atoms with van der Waals surface area (Å²) in [5.74, 6) is 1.07. The lowest BCUT2D eigenvalue weighted by Gasteiger charge is -2.18. The molecule has 0 unspecified atom stereocenters. The Bertz CT molecular complexity index is 550. The highest BCUT2D eigenvalue weighted by molar-refractivity contribution is 9.10. The Morgan fingerprint density at radius 3 is 2.41 bits per heavy atom. The molecule has 0 saturated heterocycles. The number of pyridine rings is 1. The van der Waals surface area contributed by atoms with Gasteiger partial charge >= 0.3 is 0 Å². The van der Waals surface area contributed by atoms with Crippen molar-refractivity contribution < 1.29 is 0 Å². The molecule has 2 aromatic rings. The summed E-state index contributed by atoms with van der Waals surface area (Å²) in [6.07, 6.45) is 2.13. The Balaban J connectivity index is 2.73. The summed E-state index contributed by atoms with van der Waals surface area (Å²) < 4.78 is 3.08. The second kappa shape index (κ2) is 4.02. The van der Waals surface area contributed by atoms with Gasteiger partial charge in [0.25, 0.3) is 0 Å². The third kappa shape index (κ3) is 2.18. The Morgan fingerprint density at radius 2 is 1.88 bits per heavy atom. The maximum atomic E-state index is 4.62. The van der Waals surface area contributed by atoms with Crippen molar-refractivity contribution in [1.29, 1.82) is 0 Å². The van der Waals surface area contributed by atoms with Gasteiger partial charge in [0, 0.05) is 25.7 Å². The minimum atomic E-state index is 0.0277. The number of hydrogen-bond donors (Lipinski definition) is 0. The maximum Gasteiger partial charge on any atom is 0.132 e. The van der Waals surface area contributed by atoms with Crippen LogP contribution in [-0.4, -0.2) is 23.5 Å². The van der Waals surface area contributed by atoms with Crippen LogP contribution in [0.4, 0.5) is 5.69 Å². The topological polar surface area (TPSA) is 20.5 Å². The molecule has 0 spiro atoms. The van der Waals surface area contributed by atoms with Crippen molar-refractivity contribution in [3.05, 3.63) is 28.8 Å². The third-order valence-corrected chi connectivity index (χ3v) is 3.35. The van der Waals surface area contributed by atoms with Crippen molar-refractivity contribution in [3.63, 3.8) is 0 Å². The Kier molecular flexibility index (Phi) is 2.94. The molecule has 92 valence electrons. The smallest absolute Gasteiger partial charge is 0.132 e. The molecule has 4 heteroatoms. The monoisotopic (exact) mass is 295 g/mol. The SMILES string of the molecule is CN(C)c1ccc2c(Br)nc(C(C)(C)C)n2c1. The van der Waals surface area contributed by atoms with Crippen LogP contribution in [-0.2, 0) is 5.41 Å². The fourth-order valence-corrected chi connectivity index (χ4v) is 2.32. The highest BCUT2D eigenvalue weighted by Gasteiger charge is 2.21. The Hall–Kier alpha value is -1.03. The van der Waals surface area contributed by atoms with Crippen LogP contribution in [0.3, 0.4) is 0 Å². The van der Waals surface area contributed by atoms with E-state index < -0.39 is 0 Å². The van der Waals surface area contributed by atoms with E-state index in [1.54, 1.807) is 0 Å². The third-order valence-electron chi connectivity index (χ3n) is 2.76. The first-order valence-corrected chi connectivity index (χ1v) is 6.45. The van der Waals surface area contributed by atoms with Crippen molar-refractivity contribution >= 4 is 27.1 Å². The van der Waals surface area contributed by atoms with Gasteiger partial charge < -0.3 is 9.30 Å². The molecule has 2 heterocycles. The van der Waals surface area contributed by atoms with Crippen molar-refractivity contribution in [3.8, 4) is 0 Å². The molecule has 2 rings (SSSR count). The van der Waals surface area contributed by atoms with Gasteiger partial charge in [-0.2, -0.15) is 0 Å². The Morgan fingerprint density at radius 1 is 1.24 bits per heavy atom. The second-order valence-electron chi connectivity index (χ2n) is 5.51. The predicted octanol–water partition coefficient (Wildman–Crippen LogP) is 3.46. The molecule has 0 radical (unpaired) electrons. The lowest BCUT2D eigenvalue weighted by atomic mass is 9.96. The first-order valence-electron chi connectivity index (χ1n) is 5.66. The highest BCUT2D eigenvalue weighted by Crippen LogP contribution is 2.28. The van der Waals surface area contributed by atoms with E-state index in [4.69, 9.17) is 0 Å². The first kappa shape index (κ1) is 12.4. The number of fused-ring (bicyclic) bond motifs is 1. The predicted molar refractivity (Wildman–Crippen MR) is 75.9 cm³/mol. The fraction of sp³-hybridized carbons (Fsp3) is 0.462. The molecular formula is C13H18BrN3. The molecule has 0 amide bonds. The molecule has 0 N–H and O–H groups in total. The van der Waals surface area contributed by atoms with Gasteiger partial charge in [0.1, 0.15) is 10.4 Å². The number of anilines is 1. The molecule has 3 nitrogen and oxygen atoms in total. The maximum absolute atomic E-state index is 4.62. The van der Waals surface area contributed by atoms with Crippen LogP contribution in [0, 0.1) is 0 Å². The van der Waals surface area contributed by atoms with Crippen molar-refractivity contribution in [1.82, 2.24) is 9.38 Å². The first-order chi connectivity index (χ1) is 7.80. The zero-order valence-corrected chi connectivity index (χ0v) is 12.5. The van der Waals surface area contributed by atoms with E-state index in [0.29, 0.717) is 0 Å². The Labute approximate surface area is 111 Å². The quantitative estimate of drug-likeness (QED) is 0.803. The minimum absolute atomic E-state index is 0.0277. The van der Waals surface area contributed by atoms with Gasteiger partial charge in [0.2, 0.25) is 0 Å². The van der Waals surface area contributed by atoms with Gasteiger partial charge in [0.05, 0.1) is 11.2 Å². The molecule has 0 saturated carbocycles. The average molecular weight is 296 g/mol. The van der Waals surface area contributed by atoms with Crippen LogP contribution in [0.2, 0.25) is 0 Å². The van der Waals surface area contributed by atoms with E-state index in [1.165, 1.54) is 5.69 Å². The largest absolute Gasteiger partial charge is 0.376 e. The van der Waals surface area contributed by atoms with Crippen LogP contribution < -0.4 is 4.90 Å². The zero-order valence-electron chi connectivity index (χ0n) is 11.0. The van der Waals surface area contributed by atoms with Gasteiger partial charge in [-0.1, -0.05) is 20.8 Å². The van der Waals surface area contributed by atoms with Crippen LogP contribution in [0.1, 0.15) is 26.6 Å². The minimum Gasteiger partial charge on any atom is -0.376 e. The van der Waals surface area contributed by atoms with E-state index in [1.807, 2.05) is 14.1 Å². The molecule has 0 aliphatic heterocycles. The number of halogens is 1. The number of rotatable bonds is 1. The van der Waals surface area contributed by atoms with E-state index in [9.17, 15) is 0 Å². The summed E-state index contributed by atoms with van der Waals surface area (Å²) in [5, 5.41) is 0. The molecular weight excluding hydrogens is 278 g/mol. The van der Waals surface area contributed by atoms with Gasteiger partial charge in [-0.3, -0.25) is 0 Å². The second-order valence-corrected chi connectivity index (χ2v) is 6.26. The average Bonchev–Trinajstić information content (AvgIpc) is 2.55. The van der Waals surface area contributed by atoms with Gasteiger partial charge in [-0.05, 0) is 28.1 Å². The molecule has 2 aromatic heterocycles. The number of aromatic nitrogens is 2. The van der Waals surface area contributed by atoms with Crippen molar-refractivity contribution in [2.75, 3.05) is 19.0 Å². The van der Waals surface area contributed by atoms with Gasteiger partial charge in [-0.25, -0.2) is 4.98 Å². The summed E-state index contributed by atoms with van der Waals surface area (Å²) in [5.41, 5.74) is 2.31. The van der Waals surface area contributed by atoms with Gasteiger partial charge in [-0.15, -0.1) is 0 Å². The fourth-order valence-electron chi connectivity index (χ4n) is 1.83. The molecule has 0 fully saturated rings. The van der Waals surface area contributed by atoms with Crippen LogP contribution in [0.25, 0.3) is 5.52 Å². The van der Waals surface area contributed by atoms with Crippen LogP contribution in [0.15, 0.2) is 22.9 Å². The standard InChI is InChI=1S/C13H18BrN3/c1-13(2,3)12-15-11(14)10-7-6-9(16(4)5)8-17(10)12/h6-8H,1-5H3. The molecule has 0 atom stereocenters. The number of hydrogen-bond acceptors (Lipinski definition) is 2. The van der Waals surface area contributed by atoms with E-state index in [0.717, 1.165) is 15.9 Å². The molecule has 0 bridgehead atoms. The van der Waals surface area contributed by atoms with Crippen molar-refractivity contribution in [2.24, 2.45) is 0 Å². The van der Waals surface area contributed by atoms with Crippen LogP contribution >= 0.6 is 15.9 Å². The van der Waals surface area contributed by atoms with E-state index in [2.05, 4.69) is 69.3 Å². The molecule has 0 aromatic carbocycles. The van der Waals surface area contributed by atoms with E-state index in [-0.39, 0.29) is 5.41 Å². The highest BCUT2D eigenvalue weighted by atomic mass is 79.9. The normalized spacial score (nSPS) is 12.1. The molecule has 0 aliphatic rings.